The van der Waals surface area contributed by atoms with Crippen LogP contribution in [-0.4, -0.2) is 46.1 Å². The van der Waals surface area contributed by atoms with Crippen LogP contribution in [0.2, 0.25) is 0 Å². The summed E-state index contributed by atoms with van der Waals surface area (Å²) in [5.41, 5.74) is 4.68. The minimum atomic E-state index is -0.153. The van der Waals surface area contributed by atoms with Crippen LogP contribution in [0.1, 0.15) is 17.7 Å². The van der Waals surface area contributed by atoms with E-state index < -0.39 is 0 Å². The van der Waals surface area contributed by atoms with Gasteiger partial charge in [0.05, 0.1) is 12.8 Å². The number of hydrogen-bond donors (Lipinski definition) is 2. The summed E-state index contributed by atoms with van der Waals surface area (Å²) in [5, 5.41) is 4.01. The lowest BCUT2D eigenvalue weighted by atomic mass is 10.0. The van der Waals surface area contributed by atoms with Crippen LogP contribution in [0.4, 0.5) is 10.5 Å². The molecule has 8 nitrogen and oxygen atoms in total. The van der Waals surface area contributed by atoms with Crippen molar-refractivity contribution >= 4 is 28.3 Å². The van der Waals surface area contributed by atoms with Crippen LogP contribution >= 0.6 is 0 Å². The maximum atomic E-state index is 12.9. The Morgan fingerprint density at radius 1 is 1.09 bits per heavy atom. The molecule has 0 atom stereocenters. The molecule has 0 aliphatic carbocycles. The minimum absolute atomic E-state index is 0.153. The molecule has 0 unspecified atom stereocenters. The third kappa shape index (κ3) is 4.43. The molecular weight excluding hydrogens is 430 g/mol. The van der Waals surface area contributed by atoms with Gasteiger partial charge < -0.3 is 24.7 Å². The molecule has 0 bridgehead atoms. The lowest BCUT2D eigenvalue weighted by Crippen LogP contribution is -2.37. The molecular formula is C26H25N5O3. The van der Waals surface area contributed by atoms with Crippen molar-refractivity contribution in [3.8, 4) is 17.2 Å². The Labute approximate surface area is 197 Å². The summed E-state index contributed by atoms with van der Waals surface area (Å²) in [6.45, 7) is 3.16. The largest absolute Gasteiger partial charge is 0.497 e. The third-order valence-electron chi connectivity index (χ3n) is 5.83. The molecule has 5 rings (SSSR count). The highest BCUT2D eigenvalue weighted by atomic mass is 16.5. The van der Waals surface area contributed by atoms with Gasteiger partial charge in [-0.25, -0.2) is 14.8 Å². The topological polar surface area (TPSA) is 92.4 Å². The van der Waals surface area contributed by atoms with Crippen molar-refractivity contribution in [2.75, 3.05) is 25.5 Å². The number of carbonyl (C=O) groups is 1. The zero-order valence-corrected chi connectivity index (χ0v) is 19.0. The molecule has 8 heteroatoms. The van der Waals surface area contributed by atoms with E-state index in [1.807, 2.05) is 55.6 Å². The van der Waals surface area contributed by atoms with Gasteiger partial charge in [-0.3, -0.25) is 0 Å². The van der Waals surface area contributed by atoms with Gasteiger partial charge >= 0.3 is 6.03 Å². The quantitative estimate of drug-likeness (QED) is 0.421. The second kappa shape index (κ2) is 9.27. The number of amides is 2. The highest BCUT2D eigenvalue weighted by Crippen LogP contribution is 2.29. The van der Waals surface area contributed by atoms with Gasteiger partial charge in [0.25, 0.3) is 0 Å². The molecule has 0 radical (unpaired) electrons. The van der Waals surface area contributed by atoms with E-state index in [1.165, 1.54) is 0 Å². The maximum Gasteiger partial charge on any atom is 0.322 e. The van der Waals surface area contributed by atoms with E-state index in [0.29, 0.717) is 36.0 Å². The fourth-order valence-corrected chi connectivity index (χ4v) is 4.07. The number of carbonyl (C=O) groups excluding carboxylic acids is 1. The number of aromatic amines is 1. The average molecular weight is 456 g/mol. The Hall–Kier alpha value is -4.33. The Bertz CT molecular complexity index is 1380. The number of urea groups is 1. The molecule has 2 N–H and O–H groups in total. The van der Waals surface area contributed by atoms with Crippen molar-refractivity contribution in [1.29, 1.82) is 0 Å². The lowest BCUT2D eigenvalue weighted by molar-refractivity contribution is 0.217. The van der Waals surface area contributed by atoms with E-state index in [4.69, 9.17) is 9.47 Å². The summed E-state index contributed by atoms with van der Waals surface area (Å²) in [4.78, 5) is 26.7. The van der Waals surface area contributed by atoms with Gasteiger partial charge in [-0.15, -0.1) is 0 Å². The van der Waals surface area contributed by atoms with Crippen LogP contribution in [0.25, 0.3) is 16.6 Å². The van der Waals surface area contributed by atoms with Gasteiger partial charge in [-0.2, -0.15) is 0 Å². The number of nitrogens with zero attached hydrogens (tertiary/aromatic N) is 3. The molecule has 2 aromatic heterocycles. The standard InChI is InChI=1S/C26H25N5O3/c1-17-15-27-25-23(17)24(28-16-29-25)18-9-11-31(12-10-18)26(32)30-19-5-3-7-21(13-19)34-22-8-4-6-20(14-22)33-2/h3-9,13-16H,10-12H2,1-2H3,(H,30,32)(H,27,28,29). The van der Waals surface area contributed by atoms with Crippen molar-refractivity contribution in [3.63, 3.8) is 0 Å². The van der Waals surface area contributed by atoms with Crippen LogP contribution in [0.5, 0.6) is 17.2 Å². The van der Waals surface area contributed by atoms with Crippen molar-refractivity contribution in [3.05, 3.63) is 78.4 Å². The van der Waals surface area contributed by atoms with Crippen LogP contribution in [0.15, 0.2) is 67.1 Å². The van der Waals surface area contributed by atoms with Crippen molar-refractivity contribution < 1.29 is 14.3 Å². The molecule has 0 saturated carbocycles. The number of benzene rings is 2. The molecule has 0 saturated heterocycles. The molecule has 0 spiro atoms. The number of nitrogens with one attached hydrogen (secondary N) is 2. The van der Waals surface area contributed by atoms with Crippen LogP contribution < -0.4 is 14.8 Å². The highest BCUT2D eigenvalue weighted by Gasteiger charge is 2.21. The maximum absolute atomic E-state index is 12.9. The van der Waals surface area contributed by atoms with Crippen molar-refractivity contribution in [1.82, 2.24) is 19.9 Å². The number of aryl methyl sites for hydroxylation is 1. The Kier molecular flexibility index (Phi) is 5.86. The van der Waals surface area contributed by atoms with Gasteiger partial charge in [0, 0.05) is 42.5 Å². The fraction of sp³-hybridized carbons (Fsp3) is 0.192. The summed E-state index contributed by atoms with van der Waals surface area (Å²) in [7, 11) is 1.61. The smallest absolute Gasteiger partial charge is 0.322 e. The van der Waals surface area contributed by atoms with E-state index in [0.717, 1.165) is 34.3 Å². The SMILES string of the molecule is COc1cccc(Oc2cccc(NC(=O)N3CC=C(c4ncnc5[nH]cc(C)c45)CC3)c2)c1. The molecule has 4 aromatic rings. The third-order valence-corrected chi connectivity index (χ3v) is 5.83. The molecule has 34 heavy (non-hydrogen) atoms. The summed E-state index contributed by atoms with van der Waals surface area (Å²) in [5.74, 6) is 2.00. The number of anilines is 1. The van der Waals surface area contributed by atoms with E-state index >= 15 is 0 Å². The molecule has 1 aliphatic heterocycles. The molecule has 3 heterocycles. The second-order valence-corrected chi connectivity index (χ2v) is 8.08. The highest BCUT2D eigenvalue weighted by molar-refractivity contribution is 5.93. The van der Waals surface area contributed by atoms with Crippen LogP contribution in [-0.2, 0) is 0 Å². The number of methoxy groups -OCH3 is 1. The van der Waals surface area contributed by atoms with Crippen LogP contribution in [0, 0.1) is 6.92 Å². The van der Waals surface area contributed by atoms with Gasteiger partial charge in [0.15, 0.2) is 0 Å². The van der Waals surface area contributed by atoms with Gasteiger partial charge in [-0.05, 0) is 48.7 Å². The summed E-state index contributed by atoms with van der Waals surface area (Å²) < 4.78 is 11.2. The first-order valence-electron chi connectivity index (χ1n) is 11.1. The molecule has 0 fully saturated rings. The first-order valence-corrected chi connectivity index (χ1v) is 11.1. The average Bonchev–Trinajstić information content (AvgIpc) is 3.25. The number of fused-ring (bicyclic) bond motifs is 1. The van der Waals surface area contributed by atoms with Gasteiger partial charge in [0.1, 0.15) is 29.2 Å². The van der Waals surface area contributed by atoms with E-state index in [2.05, 4.69) is 26.3 Å². The van der Waals surface area contributed by atoms with E-state index in [9.17, 15) is 4.79 Å². The summed E-state index contributed by atoms with van der Waals surface area (Å²) in [6, 6.07) is 14.6. The van der Waals surface area contributed by atoms with E-state index in [-0.39, 0.29) is 6.03 Å². The number of rotatable bonds is 5. The van der Waals surface area contributed by atoms with Gasteiger partial charge in [-0.1, -0.05) is 18.2 Å². The zero-order chi connectivity index (χ0) is 23.5. The summed E-state index contributed by atoms with van der Waals surface area (Å²) in [6.07, 6.45) is 6.31. The Morgan fingerprint density at radius 3 is 2.68 bits per heavy atom. The van der Waals surface area contributed by atoms with Crippen molar-refractivity contribution in [2.24, 2.45) is 0 Å². The normalized spacial score (nSPS) is 13.5. The predicted octanol–water partition coefficient (Wildman–Crippen LogP) is 5.39. The van der Waals surface area contributed by atoms with Crippen LogP contribution in [0.3, 0.4) is 0 Å². The number of aromatic nitrogens is 3. The molecule has 2 aromatic carbocycles. The Balaban J connectivity index is 1.25. The predicted molar refractivity (Wildman–Crippen MR) is 131 cm³/mol. The lowest BCUT2D eigenvalue weighted by Gasteiger charge is -2.26. The number of H-pyrrole nitrogens is 1. The molecule has 172 valence electrons. The summed E-state index contributed by atoms with van der Waals surface area (Å²) >= 11 is 0. The van der Waals surface area contributed by atoms with Crippen molar-refractivity contribution in [2.45, 2.75) is 13.3 Å². The Morgan fingerprint density at radius 2 is 1.88 bits per heavy atom. The number of hydrogen-bond acceptors (Lipinski definition) is 5. The first-order chi connectivity index (χ1) is 16.6. The van der Waals surface area contributed by atoms with Gasteiger partial charge in [0.2, 0.25) is 0 Å². The second-order valence-electron chi connectivity index (χ2n) is 8.08. The minimum Gasteiger partial charge on any atom is -0.497 e. The monoisotopic (exact) mass is 455 g/mol. The fourth-order valence-electron chi connectivity index (χ4n) is 4.07. The zero-order valence-electron chi connectivity index (χ0n) is 19.0. The first kappa shape index (κ1) is 21.5. The van der Waals surface area contributed by atoms with E-state index in [1.54, 1.807) is 24.4 Å². The number of ether oxygens (including phenoxy) is 2. The molecule has 2 amide bonds. The molecule has 1 aliphatic rings.